The lowest BCUT2D eigenvalue weighted by molar-refractivity contribution is -0.123. The second kappa shape index (κ2) is 14.7. The SMILES string of the molecule is CC(CNCC(O)CNC(=O)[C@H](C)NC(=O)OCc1ccccc1)c1cccc(C(=O)c2ccccc2)c1. The van der Waals surface area contributed by atoms with Gasteiger partial charge in [0.25, 0.3) is 0 Å². The third kappa shape index (κ3) is 9.14. The van der Waals surface area contributed by atoms with Crippen LogP contribution in [0.4, 0.5) is 4.79 Å². The number of carbonyl (C=O) groups is 3. The maximum absolute atomic E-state index is 12.7. The van der Waals surface area contributed by atoms with Crippen LogP contribution in [0.5, 0.6) is 0 Å². The second-order valence-electron chi connectivity index (χ2n) is 9.21. The van der Waals surface area contributed by atoms with Crippen molar-refractivity contribution in [1.29, 1.82) is 0 Å². The van der Waals surface area contributed by atoms with Gasteiger partial charge in [0.2, 0.25) is 5.91 Å². The van der Waals surface area contributed by atoms with Crippen LogP contribution in [0.2, 0.25) is 0 Å². The average Bonchev–Trinajstić information content (AvgIpc) is 2.95. The van der Waals surface area contributed by atoms with E-state index in [1.807, 2.05) is 79.7 Å². The first-order chi connectivity index (χ1) is 18.3. The van der Waals surface area contributed by atoms with Gasteiger partial charge in [-0.1, -0.05) is 85.8 Å². The Hall–Kier alpha value is -4.01. The first-order valence-electron chi connectivity index (χ1n) is 12.7. The van der Waals surface area contributed by atoms with Gasteiger partial charge in [-0.15, -0.1) is 0 Å². The normalized spacial score (nSPS) is 13.1. The lowest BCUT2D eigenvalue weighted by atomic mass is 9.95. The van der Waals surface area contributed by atoms with Gasteiger partial charge in [0, 0.05) is 30.8 Å². The molecule has 0 aliphatic heterocycles. The minimum Gasteiger partial charge on any atom is -0.445 e. The number of hydrogen-bond donors (Lipinski definition) is 4. The van der Waals surface area contributed by atoms with Gasteiger partial charge in [-0.3, -0.25) is 9.59 Å². The van der Waals surface area contributed by atoms with Crippen LogP contribution in [-0.2, 0) is 16.1 Å². The fraction of sp³-hybridized carbons (Fsp3) is 0.300. The standard InChI is InChI=1S/C30H35N3O5/c1-21(25-14-9-15-26(16-25)28(35)24-12-7-4-8-13-24)17-31-18-27(34)19-32-29(36)22(2)33-30(37)38-20-23-10-5-3-6-11-23/h3-16,21-22,27,31,34H,17-20H2,1-2H3,(H,32,36)(H,33,37)/t21?,22-,27?/m0/s1. The number of carbonyl (C=O) groups excluding carboxylic acids is 3. The molecule has 0 aliphatic carbocycles. The summed E-state index contributed by atoms with van der Waals surface area (Å²) in [5.74, 6) is -0.340. The molecule has 0 spiro atoms. The van der Waals surface area contributed by atoms with Gasteiger partial charge in [-0.05, 0) is 30.0 Å². The van der Waals surface area contributed by atoms with E-state index in [1.54, 1.807) is 19.1 Å². The first kappa shape index (κ1) is 28.6. The summed E-state index contributed by atoms with van der Waals surface area (Å²) >= 11 is 0. The Morgan fingerprint density at radius 1 is 0.816 bits per heavy atom. The molecular formula is C30H35N3O5. The van der Waals surface area contributed by atoms with Crippen LogP contribution in [-0.4, -0.2) is 54.7 Å². The van der Waals surface area contributed by atoms with Crippen molar-refractivity contribution in [3.05, 3.63) is 107 Å². The topological polar surface area (TPSA) is 117 Å². The summed E-state index contributed by atoms with van der Waals surface area (Å²) in [5, 5.41) is 18.6. The van der Waals surface area contributed by atoms with Crippen molar-refractivity contribution in [1.82, 2.24) is 16.0 Å². The van der Waals surface area contributed by atoms with E-state index in [0.29, 0.717) is 17.7 Å². The number of aliphatic hydroxyl groups is 1. The van der Waals surface area contributed by atoms with Crippen molar-refractivity contribution in [2.24, 2.45) is 0 Å². The number of ketones is 1. The summed E-state index contributed by atoms with van der Waals surface area (Å²) in [4.78, 5) is 36.9. The van der Waals surface area contributed by atoms with Crippen LogP contribution in [0.15, 0.2) is 84.9 Å². The zero-order valence-corrected chi connectivity index (χ0v) is 21.7. The number of ether oxygens (including phenoxy) is 1. The molecule has 0 saturated heterocycles. The number of aliphatic hydroxyl groups excluding tert-OH is 1. The Kier molecular flexibility index (Phi) is 11.0. The van der Waals surface area contributed by atoms with Crippen LogP contribution in [0.25, 0.3) is 0 Å². The van der Waals surface area contributed by atoms with E-state index < -0.39 is 24.1 Å². The Balaban J connectivity index is 1.35. The average molecular weight is 518 g/mol. The highest BCUT2D eigenvalue weighted by molar-refractivity contribution is 6.09. The van der Waals surface area contributed by atoms with Crippen LogP contribution < -0.4 is 16.0 Å². The maximum atomic E-state index is 12.7. The summed E-state index contributed by atoms with van der Waals surface area (Å²) < 4.78 is 5.12. The number of rotatable bonds is 13. The van der Waals surface area contributed by atoms with E-state index >= 15 is 0 Å². The zero-order valence-electron chi connectivity index (χ0n) is 21.7. The molecule has 0 bridgehead atoms. The van der Waals surface area contributed by atoms with Gasteiger partial charge in [0.15, 0.2) is 5.78 Å². The lowest BCUT2D eigenvalue weighted by Crippen LogP contribution is -2.48. The molecule has 0 radical (unpaired) electrons. The number of nitrogens with one attached hydrogen (secondary N) is 3. The van der Waals surface area contributed by atoms with E-state index in [9.17, 15) is 19.5 Å². The smallest absolute Gasteiger partial charge is 0.408 e. The summed E-state index contributed by atoms with van der Waals surface area (Å²) in [7, 11) is 0. The highest BCUT2D eigenvalue weighted by Gasteiger charge is 2.18. The van der Waals surface area contributed by atoms with Gasteiger partial charge in [0.05, 0.1) is 6.10 Å². The molecule has 4 N–H and O–H groups in total. The Morgan fingerprint density at radius 2 is 1.47 bits per heavy atom. The molecule has 8 nitrogen and oxygen atoms in total. The fourth-order valence-electron chi connectivity index (χ4n) is 3.78. The highest BCUT2D eigenvalue weighted by Crippen LogP contribution is 2.18. The largest absolute Gasteiger partial charge is 0.445 e. The van der Waals surface area contributed by atoms with Crippen molar-refractivity contribution in [3.63, 3.8) is 0 Å². The van der Waals surface area contributed by atoms with E-state index in [4.69, 9.17) is 4.74 Å². The molecule has 0 saturated carbocycles. The maximum Gasteiger partial charge on any atom is 0.408 e. The number of hydrogen-bond acceptors (Lipinski definition) is 6. The summed E-state index contributed by atoms with van der Waals surface area (Å²) in [6.07, 6.45) is -1.50. The number of benzene rings is 3. The van der Waals surface area contributed by atoms with Crippen LogP contribution >= 0.6 is 0 Å². The number of amides is 2. The quantitative estimate of drug-likeness (QED) is 0.258. The van der Waals surface area contributed by atoms with Gasteiger partial charge < -0.3 is 25.8 Å². The summed E-state index contributed by atoms with van der Waals surface area (Å²) in [6.45, 7) is 4.58. The molecule has 0 aromatic heterocycles. The Bertz CT molecular complexity index is 1190. The molecule has 2 unspecified atom stereocenters. The monoisotopic (exact) mass is 517 g/mol. The van der Waals surface area contributed by atoms with Crippen LogP contribution in [0, 0.1) is 0 Å². The van der Waals surface area contributed by atoms with Gasteiger partial charge in [-0.2, -0.15) is 0 Å². The molecule has 2 amide bonds. The molecule has 0 heterocycles. The van der Waals surface area contributed by atoms with Gasteiger partial charge >= 0.3 is 6.09 Å². The Morgan fingerprint density at radius 3 is 2.18 bits per heavy atom. The first-order valence-corrected chi connectivity index (χ1v) is 12.7. The molecule has 8 heteroatoms. The van der Waals surface area contributed by atoms with Crippen molar-refractivity contribution in [3.8, 4) is 0 Å². The third-order valence-electron chi connectivity index (χ3n) is 6.04. The Labute approximate surface area is 223 Å². The highest BCUT2D eigenvalue weighted by atomic mass is 16.5. The molecule has 3 aromatic carbocycles. The van der Waals surface area contributed by atoms with Crippen LogP contribution in [0.1, 0.15) is 46.8 Å². The minimum atomic E-state index is -0.815. The van der Waals surface area contributed by atoms with E-state index in [2.05, 4.69) is 16.0 Å². The molecule has 200 valence electrons. The van der Waals surface area contributed by atoms with Crippen molar-refractivity contribution in [2.45, 2.75) is 38.5 Å². The molecule has 0 fully saturated rings. The molecule has 3 rings (SSSR count). The zero-order chi connectivity index (χ0) is 27.3. The van der Waals surface area contributed by atoms with Crippen LogP contribution in [0.3, 0.4) is 0 Å². The summed E-state index contributed by atoms with van der Waals surface area (Å²) in [5.41, 5.74) is 3.14. The van der Waals surface area contributed by atoms with Crippen molar-refractivity contribution in [2.75, 3.05) is 19.6 Å². The molecule has 38 heavy (non-hydrogen) atoms. The van der Waals surface area contributed by atoms with Crippen molar-refractivity contribution >= 4 is 17.8 Å². The number of alkyl carbamates (subject to hydrolysis) is 1. The molecule has 3 atom stereocenters. The van der Waals surface area contributed by atoms with E-state index in [0.717, 1.165) is 11.1 Å². The molecular weight excluding hydrogens is 482 g/mol. The minimum absolute atomic E-state index is 0.0213. The summed E-state index contributed by atoms with van der Waals surface area (Å²) in [6, 6.07) is 25.1. The molecule has 0 aliphatic rings. The second-order valence-corrected chi connectivity index (χ2v) is 9.21. The predicted molar refractivity (Wildman–Crippen MR) is 146 cm³/mol. The third-order valence-corrected chi connectivity index (χ3v) is 6.04. The van der Waals surface area contributed by atoms with Crippen molar-refractivity contribution < 1.29 is 24.2 Å². The lowest BCUT2D eigenvalue weighted by Gasteiger charge is -2.18. The van der Waals surface area contributed by atoms with E-state index in [-0.39, 0.29) is 31.4 Å². The fourth-order valence-corrected chi connectivity index (χ4v) is 3.78. The van der Waals surface area contributed by atoms with Gasteiger partial charge in [-0.25, -0.2) is 4.79 Å². The van der Waals surface area contributed by atoms with E-state index in [1.165, 1.54) is 0 Å². The molecule has 3 aromatic rings. The predicted octanol–water partition coefficient (Wildman–Crippen LogP) is 3.40. The van der Waals surface area contributed by atoms with Gasteiger partial charge in [0.1, 0.15) is 12.6 Å².